The summed E-state index contributed by atoms with van der Waals surface area (Å²) < 4.78 is 5.92. The molecule has 0 aromatic heterocycles. The Balaban J connectivity index is 2.01. The van der Waals surface area contributed by atoms with Gasteiger partial charge in [-0.15, -0.1) is 0 Å². The summed E-state index contributed by atoms with van der Waals surface area (Å²) in [4.78, 5) is 4.86. The molecule has 1 unspecified atom stereocenters. The Morgan fingerprint density at radius 2 is 1.67 bits per heavy atom. The van der Waals surface area contributed by atoms with E-state index in [2.05, 4.69) is 56.3 Å². The first-order chi connectivity index (χ1) is 10.2. The van der Waals surface area contributed by atoms with Gasteiger partial charge in [-0.05, 0) is 30.5 Å². The third-order valence-corrected chi connectivity index (χ3v) is 3.92. The Hall–Kier alpha value is -2.09. The van der Waals surface area contributed by atoms with Gasteiger partial charge in [-0.25, -0.2) is 4.99 Å². The Kier molecular flexibility index (Phi) is 3.78. The van der Waals surface area contributed by atoms with Crippen molar-refractivity contribution in [2.45, 2.75) is 32.2 Å². The second kappa shape index (κ2) is 5.72. The van der Waals surface area contributed by atoms with Crippen LogP contribution in [0.15, 0.2) is 59.6 Å². The van der Waals surface area contributed by atoms with Crippen LogP contribution in [-0.2, 0) is 4.74 Å². The van der Waals surface area contributed by atoms with Crippen molar-refractivity contribution in [2.24, 2.45) is 4.99 Å². The summed E-state index contributed by atoms with van der Waals surface area (Å²) in [6.45, 7) is 5.05. The van der Waals surface area contributed by atoms with Gasteiger partial charge in [0.1, 0.15) is 6.61 Å². The molecule has 1 aliphatic rings. The largest absolute Gasteiger partial charge is 0.475 e. The summed E-state index contributed by atoms with van der Waals surface area (Å²) in [5.41, 5.74) is 3.39. The molecule has 0 amide bonds. The molecule has 0 fully saturated rings. The van der Waals surface area contributed by atoms with Crippen molar-refractivity contribution in [1.29, 1.82) is 0 Å². The minimum absolute atomic E-state index is 0.0755. The Bertz CT molecular complexity index is 648. The molecule has 0 N–H and O–H groups in total. The van der Waals surface area contributed by atoms with E-state index in [4.69, 9.17) is 9.73 Å². The van der Waals surface area contributed by atoms with Gasteiger partial charge >= 0.3 is 0 Å². The molecule has 0 spiro atoms. The average molecular weight is 279 g/mol. The Morgan fingerprint density at radius 3 is 2.38 bits per heavy atom. The van der Waals surface area contributed by atoms with Gasteiger partial charge < -0.3 is 4.74 Å². The maximum absolute atomic E-state index is 5.92. The molecule has 0 radical (unpaired) electrons. The van der Waals surface area contributed by atoms with E-state index in [9.17, 15) is 0 Å². The van der Waals surface area contributed by atoms with Crippen molar-refractivity contribution >= 4 is 5.90 Å². The molecule has 2 aromatic carbocycles. The summed E-state index contributed by atoms with van der Waals surface area (Å²) in [6.07, 6.45) is 2.18. The van der Waals surface area contributed by atoms with Crippen LogP contribution in [0.25, 0.3) is 11.1 Å². The Labute approximate surface area is 126 Å². The van der Waals surface area contributed by atoms with Crippen LogP contribution in [0.5, 0.6) is 0 Å². The molecule has 0 saturated carbocycles. The standard InChI is InChI=1S/C19H21NO/c1-3-13-19(2)14-21-18(20-19)17-12-8-7-11-16(17)15-9-5-4-6-10-15/h4-12H,3,13-14H2,1-2H3. The number of nitrogens with zero attached hydrogens (tertiary/aromatic N) is 1. The highest BCUT2D eigenvalue weighted by molar-refractivity contribution is 6.01. The first kappa shape index (κ1) is 13.9. The van der Waals surface area contributed by atoms with Gasteiger partial charge in [-0.1, -0.05) is 61.9 Å². The Morgan fingerprint density at radius 1 is 1.00 bits per heavy atom. The van der Waals surface area contributed by atoms with E-state index < -0.39 is 0 Å². The predicted octanol–water partition coefficient (Wildman–Crippen LogP) is 4.69. The van der Waals surface area contributed by atoms with Gasteiger partial charge in [0.2, 0.25) is 5.90 Å². The number of benzene rings is 2. The molecule has 1 atom stereocenters. The minimum Gasteiger partial charge on any atom is -0.475 e. The first-order valence-corrected chi connectivity index (χ1v) is 7.59. The predicted molar refractivity (Wildman–Crippen MR) is 87.7 cm³/mol. The topological polar surface area (TPSA) is 21.6 Å². The number of ether oxygens (including phenoxy) is 1. The quantitative estimate of drug-likeness (QED) is 0.795. The summed E-state index contributed by atoms with van der Waals surface area (Å²) >= 11 is 0. The average Bonchev–Trinajstić information content (AvgIpc) is 2.91. The van der Waals surface area contributed by atoms with Crippen molar-refractivity contribution in [2.75, 3.05) is 6.61 Å². The van der Waals surface area contributed by atoms with Crippen LogP contribution in [0.1, 0.15) is 32.3 Å². The molecule has 0 saturated heterocycles. The van der Waals surface area contributed by atoms with E-state index in [-0.39, 0.29) is 5.54 Å². The maximum Gasteiger partial charge on any atom is 0.217 e. The monoisotopic (exact) mass is 279 g/mol. The van der Waals surface area contributed by atoms with E-state index in [1.165, 1.54) is 11.1 Å². The minimum atomic E-state index is -0.0755. The van der Waals surface area contributed by atoms with Gasteiger partial charge in [0.25, 0.3) is 0 Å². The highest BCUT2D eigenvalue weighted by Gasteiger charge is 2.31. The van der Waals surface area contributed by atoms with Crippen LogP contribution >= 0.6 is 0 Å². The second-order valence-electron chi connectivity index (χ2n) is 5.86. The summed E-state index contributed by atoms with van der Waals surface area (Å²) in [5, 5.41) is 0. The van der Waals surface area contributed by atoms with Gasteiger partial charge in [-0.2, -0.15) is 0 Å². The summed E-state index contributed by atoms with van der Waals surface area (Å²) in [7, 11) is 0. The number of hydrogen-bond acceptors (Lipinski definition) is 2. The van der Waals surface area contributed by atoms with E-state index >= 15 is 0 Å². The van der Waals surface area contributed by atoms with Crippen molar-refractivity contribution in [3.05, 3.63) is 60.2 Å². The molecule has 1 aliphatic heterocycles. The normalized spacial score (nSPS) is 21.0. The van der Waals surface area contributed by atoms with Crippen molar-refractivity contribution in [3.8, 4) is 11.1 Å². The van der Waals surface area contributed by atoms with Crippen LogP contribution in [0, 0.1) is 0 Å². The van der Waals surface area contributed by atoms with Crippen molar-refractivity contribution in [3.63, 3.8) is 0 Å². The summed E-state index contributed by atoms with van der Waals surface area (Å²) in [6, 6.07) is 18.7. The molecular formula is C19H21NO. The smallest absolute Gasteiger partial charge is 0.217 e. The fraction of sp³-hybridized carbons (Fsp3) is 0.316. The van der Waals surface area contributed by atoms with Gasteiger partial charge in [0, 0.05) is 5.56 Å². The van der Waals surface area contributed by atoms with E-state index in [1.54, 1.807) is 0 Å². The van der Waals surface area contributed by atoms with Gasteiger partial charge in [0.15, 0.2) is 0 Å². The number of hydrogen-bond donors (Lipinski definition) is 0. The van der Waals surface area contributed by atoms with Gasteiger partial charge in [0.05, 0.1) is 5.54 Å². The molecule has 21 heavy (non-hydrogen) atoms. The second-order valence-corrected chi connectivity index (χ2v) is 5.86. The molecule has 2 nitrogen and oxygen atoms in total. The van der Waals surface area contributed by atoms with Gasteiger partial charge in [-0.3, -0.25) is 0 Å². The van der Waals surface area contributed by atoms with Crippen LogP contribution in [-0.4, -0.2) is 18.0 Å². The maximum atomic E-state index is 5.92. The fourth-order valence-corrected chi connectivity index (χ4v) is 2.88. The van der Waals surface area contributed by atoms with E-state index in [1.807, 2.05) is 12.1 Å². The lowest BCUT2D eigenvalue weighted by molar-refractivity contribution is 0.257. The molecule has 2 heteroatoms. The number of aliphatic imine (C=N–C) groups is 1. The van der Waals surface area contributed by atoms with Crippen molar-refractivity contribution < 1.29 is 4.74 Å². The van der Waals surface area contributed by atoms with Crippen molar-refractivity contribution in [1.82, 2.24) is 0 Å². The van der Waals surface area contributed by atoms with E-state index in [0.717, 1.165) is 24.3 Å². The fourth-order valence-electron chi connectivity index (χ4n) is 2.88. The molecule has 0 aliphatic carbocycles. The zero-order valence-electron chi connectivity index (χ0n) is 12.7. The third-order valence-electron chi connectivity index (χ3n) is 3.92. The van der Waals surface area contributed by atoms with Crippen LogP contribution in [0.2, 0.25) is 0 Å². The third kappa shape index (κ3) is 2.85. The van der Waals surface area contributed by atoms with Crippen LogP contribution < -0.4 is 0 Å². The molecular weight excluding hydrogens is 258 g/mol. The lowest BCUT2D eigenvalue weighted by Gasteiger charge is -2.15. The van der Waals surface area contributed by atoms with Crippen LogP contribution in [0.3, 0.4) is 0 Å². The zero-order chi connectivity index (χ0) is 14.7. The lowest BCUT2D eigenvalue weighted by Crippen LogP contribution is -2.22. The van der Waals surface area contributed by atoms with E-state index in [0.29, 0.717) is 6.61 Å². The molecule has 2 aromatic rings. The first-order valence-electron chi connectivity index (χ1n) is 7.59. The highest BCUT2D eigenvalue weighted by atomic mass is 16.5. The highest BCUT2D eigenvalue weighted by Crippen LogP contribution is 2.30. The molecule has 1 heterocycles. The molecule has 3 rings (SSSR count). The number of rotatable bonds is 4. The molecule has 108 valence electrons. The summed E-state index contributed by atoms with van der Waals surface area (Å²) in [5.74, 6) is 0.783. The SMILES string of the molecule is CCCC1(C)COC(c2ccccc2-c2ccccc2)=N1. The zero-order valence-corrected chi connectivity index (χ0v) is 12.7. The van der Waals surface area contributed by atoms with Crippen LogP contribution in [0.4, 0.5) is 0 Å². The lowest BCUT2D eigenvalue weighted by atomic mass is 9.98. The molecule has 0 bridgehead atoms.